The van der Waals surface area contributed by atoms with Crippen LogP contribution in [0.15, 0.2) is 18.2 Å². The summed E-state index contributed by atoms with van der Waals surface area (Å²) in [4.78, 5) is 7.09. The van der Waals surface area contributed by atoms with Gasteiger partial charge in [0.15, 0.2) is 0 Å². The Balaban J connectivity index is 2.68. The minimum atomic E-state index is 0.691. The van der Waals surface area contributed by atoms with Gasteiger partial charge in [-0.3, -0.25) is 4.90 Å². The molecular weight excluding hydrogens is 222 g/mol. The van der Waals surface area contributed by atoms with Gasteiger partial charge in [0.05, 0.1) is 5.69 Å². The molecule has 3 nitrogen and oxygen atoms in total. The van der Waals surface area contributed by atoms with Crippen molar-refractivity contribution in [3.8, 4) is 0 Å². The number of anilines is 1. The lowest BCUT2D eigenvalue weighted by molar-refractivity contribution is 0.209. The number of nitrogens with zero attached hydrogens (tertiary/aromatic N) is 2. The molecule has 1 rings (SSSR count). The molecule has 0 aliphatic rings. The van der Waals surface area contributed by atoms with E-state index in [4.69, 9.17) is 0 Å². The van der Waals surface area contributed by atoms with E-state index >= 15 is 0 Å². The smallest absolute Gasteiger partial charge is 0.126 e. The molecule has 0 amide bonds. The van der Waals surface area contributed by atoms with Crippen LogP contribution >= 0.6 is 0 Å². The Bertz CT molecular complexity index is 337. The standard InChI is InChI=1S/C15H27N3/c1-12(2)9-18(10-13(3)4)11-14-7-6-8-15(16-5)17-14/h6-8,12-13H,9-11H2,1-5H3,(H,16,17). The molecule has 0 fully saturated rings. The van der Waals surface area contributed by atoms with Gasteiger partial charge in [-0.2, -0.15) is 0 Å². The van der Waals surface area contributed by atoms with Crippen LogP contribution in [0.25, 0.3) is 0 Å². The molecule has 18 heavy (non-hydrogen) atoms. The zero-order valence-corrected chi connectivity index (χ0v) is 12.4. The highest BCUT2D eigenvalue weighted by atomic mass is 15.1. The molecule has 1 heterocycles. The van der Waals surface area contributed by atoms with Crippen molar-refractivity contribution in [2.45, 2.75) is 34.2 Å². The van der Waals surface area contributed by atoms with Crippen molar-refractivity contribution in [2.24, 2.45) is 11.8 Å². The lowest BCUT2D eigenvalue weighted by Gasteiger charge is -2.25. The van der Waals surface area contributed by atoms with Crippen LogP contribution in [0.5, 0.6) is 0 Å². The van der Waals surface area contributed by atoms with E-state index in [9.17, 15) is 0 Å². The van der Waals surface area contributed by atoms with Crippen molar-refractivity contribution < 1.29 is 0 Å². The molecule has 0 atom stereocenters. The molecule has 0 unspecified atom stereocenters. The van der Waals surface area contributed by atoms with Crippen molar-refractivity contribution in [2.75, 3.05) is 25.5 Å². The Kier molecular flexibility index (Phi) is 6.13. The van der Waals surface area contributed by atoms with Gasteiger partial charge in [-0.25, -0.2) is 4.98 Å². The maximum atomic E-state index is 4.59. The molecular formula is C15H27N3. The first-order valence-electron chi connectivity index (χ1n) is 6.87. The summed E-state index contributed by atoms with van der Waals surface area (Å²) < 4.78 is 0. The van der Waals surface area contributed by atoms with Gasteiger partial charge in [-0.05, 0) is 24.0 Å². The molecule has 3 heteroatoms. The van der Waals surface area contributed by atoms with Crippen molar-refractivity contribution >= 4 is 5.82 Å². The second-order valence-corrected chi connectivity index (χ2v) is 5.75. The number of pyridine rings is 1. The van der Waals surface area contributed by atoms with Gasteiger partial charge in [0.2, 0.25) is 0 Å². The Morgan fingerprint density at radius 1 is 1.11 bits per heavy atom. The number of nitrogens with one attached hydrogen (secondary N) is 1. The van der Waals surface area contributed by atoms with Crippen LogP contribution < -0.4 is 5.32 Å². The van der Waals surface area contributed by atoms with Crippen LogP contribution in [-0.2, 0) is 6.54 Å². The van der Waals surface area contributed by atoms with Gasteiger partial charge in [0, 0.05) is 26.7 Å². The number of rotatable bonds is 7. The molecule has 0 saturated heterocycles. The van der Waals surface area contributed by atoms with Crippen LogP contribution in [0.4, 0.5) is 5.82 Å². The van der Waals surface area contributed by atoms with E-state index in [1.54, 1.807) is 0 Å². The SMILES string of the molecule is CNc1cccc(CN(CC(C)C)CC(C)C)n1. The quantitative estimate of drug-likeness (QED) is 0.804. The molecule has 0 spiro atoms. The van der Waals surface area contributed by atoms with E-state index < -0.39 is 0 Å². The summed E-state index contributed by atoms with van der Waals surface area (Å²) in [5, 5.41) is 3.09. The van der Waals surface area contributed by atoms with Crippen molar-refractivity contribution in [3.63, 3.8) is 0 Å². The van der Waals surface area contributed by atoms with Gasteiger partial charge in [0.1, 0.15) is 5.82 Å². The summed E-state index contributed by atoms with van der Waals surface area (Å²) >= 11 is 0. The summed E-state index contributed by atoms with van der Waals surface area (Å²) in [7, 11) is 1.91. The van der Waals surface area contributed by atoms with Crippen LogP contribution in [0.2, 0.25) is 0 Å². The third kappa shape index (κ3) is 5.50. The summed E-state index contributed by atoms with van der Waals surface area (Å²) in [5.74, 6) is 2.33. The van der Waals surface area contributed by atoms with Crippen molar-refractivity contribution in [1.82, 2.24) is 9.88 Å². The summed E-state index contributed by atoms with van der Waals surface area (Å²) in [6, 6.07) is 6.17. The van der Waals surface area contributed by atoms with Crippen molar-refractivity contribution in [1.29, 1.82) is 0 Å². The van der Waals surface area contributed by atoms with E-state index in [2.05, 4.69) is 55.0 Å². The third-order valence-electron chi connectivity index (χ3n) is 2.70. The molecule has 1 aromatic heterocycles. The molecule has 0 radical (unpaired) electrons. The topological polar surface area (TPSA) is 28.2 Å². The first kappa shape index (κ1) is 15.0. The van der Waals surface area contributed by atoms with Gasteiger partial charge in [0.25, 0.3) is 0 Å². The lowest BCUT2D eigenvalue weighted by atomic mass is 10.1. The predicted molar refractivity (Wildman–Crippen MR) is 78.7 cm³/mol. The summed E-state index contributed by atoms with van der Waals surface area (Å²) in [6.45, 7) is 12.3. The molecule has 1 N–H and O–H groups in total. The number of hydrogen-bond acceptors (Lipinski definition) is 3. The lowest BCUT2D eigenvalue weighted by Crippen LogP contribution is -2.31. The Morgan fingerprint density at radius 2 is 1.72 bits per heavy atom. The highest BCUT2D eigenvalue weighted by Crippen LogP contribution is 2.10. The van der Waals surface area contributed by atoms with Gasteiger partial charge in [-0.1, -0.05) is 33.8 Å². The zero-order valence-electron chi connectivity index (χ0n) is 12.4. The summed E-state index contributed by atoms with van der Waals surface area (Å²) in [5.41, 5.74) is 1.14. The summed E-state index contributed by atoms with van der Waals surface area (Å²) in [6.07, 6.45) is 0. The Labute approximate surface area is 112 Å². The first-order valence-corrected chi connectivity index (χ1v) is 6.87. The monoisotopic (exact) mass is 249 g/mol. The maximum absolute atomic E-state index is 4.59. The van der Waals surface area contributed by atoms with Crippen LogP contribution in [-0.4, -0.2) is 30.0 Å². The zero-order chi connectivity index (χ0) is 13.5. The van der Waals surface area contributed by atoms with E-state index in [1.807, 2.05) is 13.1 Å². The Hall–Kier alpha value is -1.09. The van der Waals surface area contributed by atoms with Crippen LogP contribution in [0.3, 0.4) is 0 Å². The second-order valence-electron chi connectivity index (χ2n) is 5.75. The van der Waals surface area contributed by atoms with Crippen molar-refractivity contribution in [3.05, 3.63) is 23.9 Å². The Morgan fingerprint density at radius 3 is 2.22 bits per heavy atom. The molecule has 0 aliphatic carbocycles. The fourth-order valence-corrected chi connectivity index (χ4v) is 2.17. The van der Waals surface area contributed by atoms with E-state index in [0.717, 1.165) is 31.1 Å². The average Bonchev–Trinajstić information content (AvgIpc) is 2.27. The number of hydrogen-bond donors (Lipinski definition) is 1. The average molecular weight is 249 g/mol. The van der Waals surface area contributed by atoms with E-state index in [-0.39, 0.29) is 0 Å². The van der Waals surface area contributed by atoms with E-state index in [1.165, 1.54) is 0 Å². The fraction of sp³-hybridized carbons (Fsp3) is 0.667. The molecule has 0 aliphatic heterocycles. The normalized spacial score (nSPS) is 11.6. The van der Waals surface area contributed by atoms with Gasteiger partial charge < -0.3 is 5.32 Å². The number of aromatic nitrogens is 1. The molecule has 1 aromatic rings. The molecule has 0 saturated carbocycles. The largest absolute Gasteiger partial charge is 0.373 e. The van der Waals surface area contributed by atoms with Gasteiger partial charge in [-0.15, -0.1) is 0 Å². The van der Waals surface area contributed by atoms with Crippen LogP contribution in [0.1, 0.15) is 33.4 Å². The predicted octanol–water partition coefficient (Wildman–Crippen LogP) is 3.24. The highest BCUT2D eigenvalue weighted by molar-refractivity contribution is 5.34. The fourth-order valence-electron chi connectivity index (χ4n) is 2.17. The third-order valence-corrected chi connectivity index (χ3v) is 2.70. The molecule has 0 aromatic carbocycles. The van der Waals surface area contributed by atoms with E-state index in [0.29, 0.717) is 11.8 Å². The van der Waals surface area contributed by atoms with Gasteiger partial charge >= 0.3 is 0 Å². The van der Waals surface area contributed by atoms with Crippen LogP contribution in [0, 0.1) is 11.8 Å². The highest BCUT2D eigenvalue weighted by Gasteiger charge is 2.11. The maximum Gasteiger partial charge on any atom is 0.126 e. The minimum Gasteiger partial charge on any atom is -0.373 e. The second kappa shape index (κ2) is 7.37. The molecule has 102 valence electrons. The first-order chi connectivity index (χ1) is 8.51. The molecule has 0 bridgehead atoms. The minimum absolute atomic E-state index is 0.691.